The molecule has 1 fully saturated rings. The molecule has 0 amide bonds. The van der Waals surface area contributed by atoms with Crippen molar-refractivity contribution < 1.29 is 32.5 Å². The SMILES string of the molecule is CC(C(=O)O)C(CC1CCCC1)C(=N[C@@H](C)CNc1ccc(OC(F)(F)F)cc1)OC(C)(C)C. The number of rotatable bonds is 10. The van der Waals surface area contributed by atoms with E-state index in [1.807, 2.05) is 27.7 Å². The smallest absolute Gasteiger partial charge is 0.481 e. The van der Waals surface area contributed by atoms with Crippen molar-refractivity contribution in [2.75, 3.05) is 11.9 Å². The number of hydrogen-bond acceptors (Lipinski definition) is 5. The van der Waals surface area contributed by atoms with Crippen LogP contribution in [0.2, 0.25) is 0 Å². The quantitative estimate of drug-likeness (QED) is 0.291. The lowest BCUT2D eigenvalue weighted by atomic mass is 9.84. The Bertz CT molecular complexity index is 813. The van der Waals surface area contributed by atoms with E-state index < -0.39 is 23.9 Å². The standard InChI is InChI=1S/C25H37F3N2O4/c1-16(15-29-19-10-12-20(13-11-19)33-25(26,27)28)30-22(34-24(3,4)5)21(17(2)23(31)32)14-18-8-6-7-9-18/h10-13,16-18,21,29H,6-9,14-15H2,1-5H3,(H,31,32)/t16-,17?,21?/m0/s1. The Morgan fingerprint density at radius 3 is 2.24 bits per heavy atom. The second-order valence-electron chi connectivity index (χ2n) is 10.1. The van der Waals surface area contributed by atoms with Gasteiger partial charge in [0.15, 0.2) is 5.90 Å². The second kappa shape index (κ2) is 11.8. The van der Waals surface area contributed by atoms with Crippen LogP contribution >= 0.6 is 0 Å². The van der Waals surface area contributed by atoms with Crippen molar-refractivity contribution in [2.24, 2.45) is 22.7 Å². The molecule has 0 bridgehead atoms. The Hall–Kier alpha value is -2.45. The highest BCUT2D eigenvalue weighted by Gasteiger charge is 2.35. The summed E-state index contributed by atoms with van der Waals surface area (Å²) in [6, 6.07) is 5.23. The van der Waals surface area contributed by atoms with Gasteiger partial charge in [0.05, 0.1) is 12.0 Å². The lowest BCUT2D eigenvalue weighted by Crippen LogP contribution is -2.36. The van der Waals surface area contributed by atoms with Gasteiger partial charge in [-0.15, -0.1) is 13.2 Å². The number of nitrogens with zero attached hydrogens (tertiary/aromatic N) is 1. The Kier molecular flexibility index (Phi) is 9.64. The van der Waals surface area contributed by atoms with E-state index in [1.165, 1.54) is 37.1 Å². The third-order valence-electron chi connectivity index (χ3n) is 5.82. The van der Waals surface area contributed by atoms with Gasteiger partial charge in [-0.05, 0) is 64.3 Å². The normalized spacial score (nSPS) is 18.3. The van der Waals surface area contributed by atoms with Gasteiger partial charge in [0.1, 0.15) is 11.4 Å². The number of carbonyl (C=O) groups is 1. The molecule has 1 aliphatic rings. The molecule has 3 atom stereocenters. The van der Waals surface area contributed by atoms with Crippen LogP contribution in [0.4, 0.5) is 18.9 Å². The fourth-order valence-electron chi connectivity index (χ4n) is 4.11. The summed E-state index contributed by atoms with van der Waals surface area (Å²) in [5.41, 5.74) is 0.0863. The van der Waals surface area contributed by atoms with Gasteiger partial charge in [-0.2, -0.15) is 0 Å². The zero-order valence-electron chi connectivity index (χ0n) is 20.6. The Balaban J connectivity index is 2.14. The summed E-state index contributed by atoms with van der Waals surface area (Å²) in [7, 11) is 0. The van der Waals surface area contributed by atoms with Crippen molar-refractivity contribution in [1.82, 2.24) is 0 Å². The van der Waals surface area contributed by atoms with E-state index >= 15 is 0 Å². The predicted molar refractivity (Wildman–Crippen MR) is 126 cm³/mol. The highest BCUT2D eigenvalue weighted by Crippen LogP contribution is 2.35. The average molecular weight is 487 g/mol. The fraction of sp³-hybridized carbons (Fsp3) is 0.680. The third kappa shape index (κ3) is 9.81. The number of nitrogens with one attached hydrogen (secondary N) is 1. The third-order valence-corrected chi connectivity index (χ3v) is 5.82. The highest BCUT2D eigenvalue weighted by molar-refractivity contribution is 5.85. The van der Waals surface area contributed by atoms with E-state index in [0.29, 0.717) is 24.0 Å². The lowest BCUT2D eigenvalue weighted by molar-refractivity contribution is -0.274. The molecule has 1 saturated carbocycles. The molecular formula is C25H37F3N2O4. The molecular weight excluding hydrogens is 449 g/mol. The van der Waals surface area contributed by atoms with Crippen LogP contribution in [0.15, 0.2) is 29.3 Å². The molecule has 0 aliphatic heterocycles. The zero-order valence-corrected chi connectivity index (χ0v) is 20.6. The molecule has 0 radical (unpaired) electrons. The summed E-state index contributed by atoms with van der Waals surface area (Å²) in [6.07, 6.45) is 0.512. The van der Waals surface area contributed by atoms with Crippen molar-refractivity contribution in [3.8, 4) is 5.75 Å². The fourth-order valence-corrected chi connectivity index (χ4v) is 4.11. The maximum atomic E-state index is 12.3. The minimum Gasteiger partial charge on any atom is -0.481 e. The van der Waals surface area contributed by atoms with Crippen LogP contribution in [0.5, 0.6) is 5.75 Å². The van der Waals surface area contributed by atoms with Crippen LogP contribution in [-0.4, -0.2) is 41.5 Å². The molecule has 6 nitrogen and oxygen atoms in total. The van der Waals surface area contributed by atoms with Crippen molar-refractivity contribution >= 4 is 17.6 Å². The second-order valence-corrected chi connectivity index (χ2v) is 10.1. The number of anilines is 1. The predicted octanol–water partition coefficient (Wildman–Crippen LogP) is 6.52. The zero-order chi connectivity index (χ0) is 25.5. The largest absolute Gasteiger partial charge is 0.573 e. The highest BCUT2D eigenvalue weighted by atomic mass is 19.4. The number of hydrogen-bond donors (Lipinski definition) is 2. The number of carboxylic acids is 1. The molecule has 1 aromatic carbocycles. The van der Waals surface area contributed by atoms with Gasteiger partial charge < -0.3 is 19.9 Å². The Labute approximate surface area is 199 Å². The molecule has 0 saturated heterocycles. The van der Waals surface area contributed by atoms with Crippen molar-refractivity contribution in [3.05, 3.63) is 24.3 Å². The number of ether oxygens (including phenoxy) is 2. The van der Waals surface area contributed by atoms with Crippen molar-refractivity contribution in [2.45, 2.75) is 84.7 Å². The van der Waals surface area contributed by atoms with Crippen LogP contribution in [0.3, 0.4) is 0 Å². The van der Waals surface area contributed by atoms with E-state index in [0.717, 1.165) is 19.3 Å². The maximum Gasteiger partial charge on any atom is 0.573 e. The van der Waals surface area contributed by atoms with Gasteiger partial charge in [-0.3, -0.25) is 9.79 Å². The molecule has 1 aliphatic carbocycles. The molecule has 0 aromatic heterocycles. The first-order valence-corrected chi connectivity index (χ1v) is 11.8. The van der Waals surface area contributed by atoms with Gasteiger partial charge in [-0.25, -0.2) is 0 Å². The molecule has 192 valence electrons. The summed E-state index contributed by atoms with van der Waals surface area (Å²) in [5, 5.41) is 12.9. The van der Waals surface area contributed by atoms with Crippen molar-refractivity contribution in [1.29, 1.82) is 0 Å². The summed E-state index contributed by atoms with van der Waals surface area (Å²) in [6.45, 7) is 9.72. The average Bonchev–Trinajstić information content (AvgIpc) is 3.21. The van der Waals surface area contributed by atoms with Crippen molar-refractivity contribution in [3.63, 3.8) is 0 Å². The van der Waals surface area contributed by atoms with E-state index in [1.54, 1.807) is 6.92 Å². The molecule has 34 heavy (non-hydrogen) atoms. The molecule has 1 aromatic rings. The van der Waals surface area contributed by atoms with Gasteiger partial charge in [0.25, 0.3) is 0 Å². The molecule has 2 unspecified atom stereocenters. The minimum atomic E-state index is -4.73. The topological polar surface area (TPSA) is 80.2 Å². The Morgan fingerprint density at radius 1 is 1.15 bits per heavy atom. The maximum absolute atomic E-state index is 12.3. The first-order valence-electron chi connectivity index (χ1n) is 11.8. The molecule has 9 heteroatoms. The monoisotopic (exact) mass is 486 g/mol. The number of benzene rings is 1. The number of aliphatic carboxylic acids is 1. The number of carboxylic acid groups (broad SMARTS) is 1. The minimum absolute atomic E-state index is 0.254. The van der Waals surface area contributed by atoms with Crippen LogP contribution in [0, 0.1) is 17.8 Å². The molecule has 2 rings (SSSR count). The first kappa shape index (κ1) is 27.8. The van der Waals surface area contributed by atoms with Crippen LogP contribution < -0.4 is 10.1 Å². The molecule has 0 spiro atoms. The van der Waals surface area contributed by atoms with Crippen LogP contribution in [-0.2, 0) is 9.53 Å². The van der Waals surface area contributed by atoms with E-state index in [9.17, 15) is 23.1 Å². The number of alkyl halides is 3. The van der Waals surface area contributed by atoms with Gasteiger partial charge in [0.2, 0.25) is 0 Å². The number of halogens is 3. The van der Waals surface area contributed by atoms with Crippen LogP contribution in [0.25, 0.3) is 0 Å². The number of aliphatic imine (C=N–C) groups is 1. The van der Waals surface area contributed by atoms with E-state index in [-0.39, 0.29) is 17.7 Å². The van der Waals surface area contributed by atoms with Crippen LogP contribution in [0.1, 0.15) is 66.7 Å². The van der Waals surface area contributed by atoms with Gasteiger partial charge >= 0.3 is 12.3 Å². The van der Waals surface area contributed by atoms with Gasteiger partial charge in [-0.1, -0.05) is 32.6 Å². The summed E-state index contributed by atoms with van der Waals surface area (Å²) >= 11 is 0. The van der Waals surface area contributed by atoms with Gasteiger partial charge in [0, 0.05) is 18.2 Å². The first-order chi connectivity index (χ1) is 15.7. The molecule has 2 N–H and O–H groups in total. The summed E-state index contributed by atoms with van der Waals surface area (Å²) in [5.74, 6) is -1.21. The Morgan fingerprint density at radius 2 is 1.74 bits per heavy atom. The summed E-state index contributed by atoms with van der Waals surface area (Å²) in [4.78, 5) is 16.7. The van der Waals surface area contributed by atoms with E-state index in [2.05, 4.69) is 10.1 Å². The van der Waals surface area contributed by atoms with E-state index in [4.69, 9.17) is 9.73 Å². The lowest BCUT2D eigenvalue weighted by Gasteiger charge is -2.31. The molecule has 0 heterocycles. The summed E-state index contributed by atoms with van der Waals surface area (Å²) < 4.78 is 47.1.